The third kappa shape index (κ3) is 2.25. The lowest BCUT2D eigenvalue weighted by molar-refractivity contribution is 0.900. The Hall–Kier alpha value is -2.69. The van der Waals surface area contributed by atoms with Gasteiger partial charge in [-0.15, -0.1) is 0 Å². The van der Waals surface area contributed by atoms with Gasteiger partial charge in [0.1, 0.15) is 5.82 Å². The van der Waals surface area contributed by atoms with E-state index in [9.17, 15) is 0 Å². The summed E-state index contributed by atoms with van der Waals surface area (Å²) in [4.78, 5) is 13.3. The highest BCUT2D eigenvalue weighted by atomic mass is 15.2. The molecule has 0 bridgehead atoms. The van der Waals surface area contributed by atoms with Crippen LogP contribution in [0.3, 0.4) is 0 Å². The summed E-state index contributed by atoms with van der Waals surface area (Å²) in [6.07, 6.45) is 3.60. The van der Waals surface area contributed by atoms with Gasteiger partial charge in [-0.2, -0.15) is 0 Å². The van der Waals surface area contributed by atoms with Crippen LogP contribution >= 0.6 is 0 Å². The van der Waals surface area contributed by atoms with Crippen molar-refractivity contribution in [2.24, 2.45) is 0 Å². The SMILES string of the molecule is Cc1cc(C)nc(-n2ccnc2-c2ccc(N)cc2)n1. The molecule has 3 rings (SSSR count). The molecule has 0 aliphatic carbocycles. The van der Waals surface area contributed by atoms with Crippen LogP contribution in [0.25, 0.3) is 17.3 Å². The molecule has 2 N–H and O–H groups in total. The number of imidazole rings is 1. The maximum atomic E-state index is 5.72. The van der Waals surface area contributed by atoms with E-state index in [2.05, 4.69) is 15.0 Å². The second kappa shape index (κ2) is 4.77. The molecule has 0 saturated carbocycles. The van der Waals surface area contributed by atoms with Crippen molar-refractivity contribution in [1.82, 2.24) is 19.5 Å². The molecule has 1 aromatic carbocycles. The summed E-state index contributed by atoms with van der Waals surface area (Å²) < 4.78 is 1.88. The van der Waals surface area contributed by atoms with Crippen LogP contribution in [-0.4, -0.2) is 19.5 Å². The zero-order valence-corrected chi connectivity index (χ0v) is 11.4. The van der Waals surface area contributed by atoms with E-state index in [1.165, 1.54) is 0 Å². The summed E-state index contributed by atoms with van der Waals surface area (Å²) in [6.45, 7) is 3.91. The first-order valence-corrected chi connectivity index (χ1v) is 6.35. The Kier molecular flexibility index (Phi) is 2.95. The molecule has 0 fully saturated rings. The predicted molar refractivity (Wildman–Crippen MR) is 78.5 cm³/mol. The molecular formula is C15H15N5. The van der Waals surface area contributed by atoms with E-state index < -0.39 is 0 Å². The summed E-state index contributed by atoms with van der Waals surface area (Å²) in [7, 11) is 0. The van der Waals surface area contributed by atoms with Crippen molar-refractivity contribution in [3.8, 4) is 17.3 Å². The number of nitrogen functional groups attached to an aromatic ring is 1. The second-order valence-corrected chi connectivity index (χ2v) is 4.69. The summed E-state index contributed by atoms with van der Waals surface area (Å²) in [6, 6.07) is 9.55. The first kappa shape index (κ1) is 12.3. The largest absolute Gasteiger partial charge is 0.399 e. The fourth-order valence-corrected chi connectivity index (χ4v) is 2.13. The normalized spacial score (nSPS) is 10.7. The third-order valence-electron chi connectivity index (χ3n) is 3.00. The minimum Gasteiger partial charge on any atom is -0.399 e. The van der Waals surface area contributed by atoms with Crippen molar-refractivity contribution in [3.05, 3.63) is 54.1 Å². The average Bonchev–Trinajstić information content (AvgIpc) is 2.87. The number of benzene rings is 1. The summed E-state index contributed by atoms with van der Waals surface area (Å²) >= 11 is 0. The molecule has 2 heterocycles. The molecule has 5 heteroatoms. The van der Waals surface area contributed by atoms with Crippen LogP contribution in [0.5, 0.6) is 0 Å². The van der Waals surface area contributed by atoms with Crippen LogP contribution in [0.1, 0.15) is 11.4 Å². The Labute approximate surface area is 117 Å². The van der Waals surface area contributed by atoms with Gasteiger partial charge in [0.15, 0.2) is 0 Å². The number of hydrogen-bond acceptors (Lipinski definition) is 4. The van der Waals surface area contributed by atoms with Crippen molar-refractivity contribution in [2.45, 2.75) is 13.8 Å². The van der Waals surface area contributed by atoms with Gasteiger partial charge in [0.2, 0.25) is 5.95 Å². The lowest BCUT2D eigenvalue weighted by atomic mass is 10.2. The van der Waals surface area contributed by atoms with Gasteiger partial charge in [-0.1, -0.05) is 0 Å². The van der Waals surface area contributed by atoms with E-state index in [1.54, 1.807) is 6.20 Å². The molecule has 0 radical (unpaired) electrons. The van der Waals surface area contributed by atoms with E-state index in [0.717, 1.165) is 28.5 Å². The topological polar surface area (TPSA) is 69.6 Å². The molecule has 0 unspecified atom stereocenters. The van der Waals surface area contributed by atoms with Gasteiger partial charge >= 0.3 is 0 Å². The summed E-state index contributed by atoms with van der Waals surface area (Å²) in [5, 5.41) is 0. The molecule has 5 nitrogen and oxygen atoms in total. The fraction of sp³-hybridized carbons (Fsp3) is 0.133. The third-order valence-corrected chi connectivity index (χ3v) is 3.00. The van der Waals surface area contributed by atoms with E-state index in [-0.39, 0.29) is 0 Å². The summed E-state index contributed by atoms with van der Waals surface area (Å²) in [5.41, 5.74) is 9.30. The Balaban J connectivity index is 2.12. The minimum atomic E-state index is 0.631. The van der Waals surface area contributed by atoms with Crippen molar-refractivity contribution < 1.29 is 0 Å². The number of anilines is 1. The van der Waals surface area contributed by atoms with Gasteiger partial charge in [0.05, 0.1) is 0 Å². The maximum absolute atomic E-state index is 5.72. The van der Waals surface area contributed by atoms with Crippen molar-refractivity contribution in [1.29, 1.82) is 0 Å². The zero-order chi connectivity index (χ0) is 14.1. The van der Waals surface area contributed by atoms with Gasteiger partial charge in [0.25, 0.3) is 0 Å². The highest BCUT2D eigenvalue weighted by molar-refractivity contribution is 5.60. The number of hydrogen-bond donors (Lipinski definition) is 1. The number of aryl methyl sites for hydroxylation is 2. The Morgan fingerprint density at radius 1 is 1.00 bits per heavy atom. The lowest BCUT2D eigenvalue weighted by Crippen LogP contribution is -2.04. The number of rotatable bonds is 2. The molecule has 0 saturated heterocycles. The Morgan fingerprint density at radius 2 is 1.65 bits per heavy atom. The van der Waals surface area contributed by atoms with Crippen LogP contribution in [0, 0.1) is 13.8 Å². The first-order valence-electron chi connectivity index (χ1n) is 6.35. The number of aromatic nitrogens is 4. The monoisotopic (exact) mass is 265 g/mol. The molecule has 0 spiro atoms. The molecule has 0 amide bonds. The standard InChI is InChI=1S/C15H15N5/c1-10-9-11(2)19-15(18-10)20-8-7-17-14(20)12-3-5-13(16)6-4-12/h3-9H,16H2,1-2H3. The molecule has 0 aliphatic heterocycles. The molecule has 0 aliphatic rings. The molecule has 20 heavy (non-hydrogen) atoms. The van der Waals surface area contributed by atoms with Gasteiger partial charge in [-0.3, -0.25) is 4.57 Å². The van der Waals surface area contributed by atoms with Gasteiger partial charge in [-0.25, -0.2) is 15.0 Å². The maximum Gasteiger partial charge on any atom is 0.235 e. The van der Waals surface area contributed by atoms with Crippen LogP contribution in [0.4, 0.5) is 5.69 Å². The van der Waals surface area contributed by atoms with Gasteiger partial charge < -0.3 is 5.73 Å². The van der Waals surface area contributed by atoms with E-state index >= 15 is 0 Å². The van der Waals surface area contributed by atoms with Crippen molar-refractivity contribution >= 4 is 5.69 Å². The smallest absolute Gasteiger partial charge is 0.235 e. The van der Waals surface area contributed by atoms with Gasteiger partial charge in [0, 0.05) is 35.0 Å². The summed E-state index contributed by atoms with van der Waals surface area (Å²) in [5.74, 6) is 1.43. The van der Waals surface area contributed by atoms with E-state index in [0.29, 0.717) is 5.95 Å². The number of nitrogens with two attached hydrogens (primary N) is 1. The number of nitrogens with zero attached hydrogens (tertiary/aromatic N) is 4. The zero-order valence-electron chi connectivity index (χ0n) is 11.4. The van der Waals surface area contributed by atoms with E-state index in [4.69, 9.17) is 5.73 Å². The molecule has 100 valence electrons. The van der Waals surface area contributed by atoms with Crippen molar-refractivity contribution in [2.75, 3.05) is 5.73 Å². The Morgan fingerprint density at radius 3 is 2.30 bits per heavy atom. The average molecular weight is 265 g/mol. The van der Waals surface area contributed by atoms with Crippen molar-refractivity contribution in [3.63, 3.8) is 0 Å². The Bertz CT molecular complexity index is 723. The van der Waals surface area contributed by atoms with Crippen LogP contribution < -0.4 is 5.73 Å². The first-order chi connectivity index (χ1) is 9.63. The lowest BCUT2D eigenvalue weighted by Gasteiger charge is -2.08. The highest BCUT2D eigenvalue weighted by Crippen LogP contribution is 2.21. The molecular weight excluding hydrogens is 250 g/mol. The van der Waals surface area contributed by atoms with E-state index in [1.807, 2.05) is 54.9 Å². The van der Waals surface area contributed by atoms with Crippen LogP contribution in [0.2, 0.25) is 0 Å². The second-order valence-electron chi connectivity index (χ2n) is 4.69. The minimum absolute atomic E-state index is 0.631. The molecule has 3 aromatic rings. The molecule has 2 aromatic heterocycles. The predicted octanol–water partition coefficient (Wildman–Crippen LogP) is 2.53. The fourth-order valence-electron chi connectivity index (χ4n) is 2.13. The molecule has 0 atom stereocenters. The highest BCUT2D eigenvalue weighted by Gasteiger charge is 2.10. The van der Waals surface area contributed by atoms with Gasteiger partial charge in [-0.05, 0) is 44.2 Å². The quantitative estimate of drug-likeness (QED) is 0.723. The van der Waals surface area contributed by atoms with Crippen LogP contribution in [-0.2, 0) is 0 Å². The van der Waals surface area contributed by atoms with Crippen LogP contribution in [0.15, 0.2) is 42.7 Å².